The number of carbonyl (C=O) groups is 1. The molecule has 3 nitrogen and oxygen atoms in total. The first-order chi connectivity index (χ1) is 6.33. The summed E-state index contributed by atoms with van der Waals surface area (Å²) in [6.07, 6.45) is 6.20. The molecule has 0 radical (unpaired) electrons. The summed E-state index contributed by atoms with van der Waals surface area (Å²) >= 11 is 1.46. The van der Waals surface area contributed by atoms with Gasteiger partial charge in [0.05, 0.1) is 16.9 Å². The molecule has 0 bridgehead atoms. The summed E-state index contributed by atoms with van der Waals surface area (Å²) in [5.41, 5.74) is 2.04. The van der Waals surface area contributed by atoms with E-state index in [4.69, 9.17) is 0 Å². The molecule has 4 heteroatoms. The van der Waals surface area contributed by atoms with Crippen LogP contribution >= 0.6 is 11.3 Å². The summed E-state index contributed by atoms with van der Waals surface area (Å²) in [6.45, 7) is 1.94. The van der Waals surface area contributed by atoms with E-state index in [0.29, 0.717) is 0 Å². The van der Waals surface area contributed by atoms with E-state index in [-0.39, 0.29) is 0 Å². The van der Waals surface area contributed by atoms with E-state index in [1.807, 2.05) is 23.1 Å². The highest BCUT2D eigenvalue weighted by Gasteiger charge is 2.07. The molecular weight excluding hydrogens is 184 g/mol. The molecule has 0 amide bonds. The van der Waals surface area contributed by atoms with Crippen molar-refractivity contribution in [1.29, 1.82) is 0 Å². The van der Waals surface area contributed by atoms with E-state index in [1.165, 1.54) is 11.3 Å². The SMILES string of the molecule is Cc1c(-n2ccnc2)csc1C=O. The zero-order valence-electron chi connectivity index (χ0n) is 7.10. The molecule has 0 spiro atoms. The Morgan fingerprint density at radius 2 is 2.46 bits per heavy atom. The fourth-order valence-electron chi connectivity index (χ4n) is 1.19. The maximum atomic E-state index is 10.6. The van der Waals surface area contributed by atoms with Crippen molar-refractivity contribution >= 4 is 17.6 Å². The van der Waals surface area contributed by atoms with Crippen molar-refractivity contribution in [2.45, 2.75) is 6.92 Å². The van der Waals surface area contributed by atoms with Crippen molar-refractivity contribution in [2.75, 3.05) is 0 Å². The summed E-state index contributed by atoms with van der Waals surface area (Å²) in [6, 6.07) is 0. The second-order valence-corrected chi connectivity index (χ2v) is 3.61. The molecule has 2 rings (SSSR count). The standard InChI is InChI=1S/C9H8N2OS/c1-7-8(5-13-9(7)4-12)11-3-2-10-6-11/h2-6H,1H3. The number of thiophene rings is 1. The lowest BCUT2D eigenvalue weighted by atomic mass is 10.2. The topological polar surface area (TPSA) is 34.9 Å². The fourth-order valence-corrected chi connectivity index (χ4v) is 2.07. The predicted octanol–water partition coefficient (Wildman–Crippen LogP) is 2.05. The number of carbonyl (C=O) groups excluding carboxylic acids is 1. The highest BCUT2D eigenvalue weighted by Crippen LogP contribution is 2.23. The first-order valence-corrected chi connectivity index (χ1v) is 4.72. The molecule has 0 aliphatic carbocycles. The van der Waals surface area contributed by atoms with Gasteiger partial charge in [0.1, 0.15) is 0 Å². The van der Waals surface area contributed by atoms with E-state index in [2.05, 4.69) is 4.98 Å². The Kier molecular flexibility index (Phi) is 1.98. The molecule has 0 atom stereocenters. The molecular formula is C9H8N2OS. The average molecular weight is 192 g/mol. The van der Waals surface area contributed by atoms with Crippen molar-refractivity contribution < 1.29 is 4.79 Å². The van der Waals surface area contributed by atoms with Gasteiger partial charge in [-0.1, -0.05) is 0 Å². The van der Waals surface area contributed by atoms with Crippen LogP contribution in [-0.4, -0.2) is 15.8 Å². The molecule has 0 unspecified atom stereocenters. The first-order valence-electron chi connectivity index (χ1n) is 3.84. The zero-order chi connectivity index (χ0) is 9.26. The summed E-state index contributed by atoms with van der Waals surface area (Å²) in [5.74, 6) is 0. The van der Waals surface area contributed by atoms with Gasteiger partial charge in [0, 0.05) is 17.8 Å². The monoisotopic (exact) mass is 192 g/mol. The van der Waals surface area contributed by atoms with Crippen LogP contribution in [0, 0.1) is 6.92 Å². The molecule has 0 aliphatic rings. The van der Waals surface area contributed by atoms with Crippen LogP contribution in [-0.2, 0) is 0 Å². The van der Waals surface area contributed by atoms with Gasteiger partial charge < -0.3 is 4.57 Å². The fraction of sp³-hybridized carbons (Fsp3) is 0.111. The minimum atomic E-state index is 0.781. The van der Waals surface area contributed by atoms with Gasteiger partial charge in [0.2, 0.25) is 0 Å². The number of imidazole rings is 1. The van der Waals surface area contributed by atoms with Gasteiger partial charge in [-0.05, 0) is 12.5 Å². The van der Waals surface area contributed by atoms with Crippen LogP contribution < -0.4 is 0 Å². The number of aldehydes is 1. The molecule has 0 N–H and O–H groups in total. The van der Waals surface area contributed by atoms with E-state index in [0.717, 1.165) is 22.4 Å². The number of rotatable bonds is 2. The Bertz CT molecular complexity index is 417. The largest absolute Gasteiger partial charge is 0.305 e. The van der Waals surface area contributed by atoms with Crippen LogP contribution in [0.15, 0.2) is 24.1 Å². The van der Waals surface area contributed by atoms with Crippen LogP contribution in [0.25, 0.3) is 5.69 Å². The van der Waals surface area contributed by atoms with Crippen LogP contribution in [0.5, 0.6) is 0 Å². The van der Waals surface area contributed by atoms with Crippen molar-refractivity contribution in [2.24, 2.45) is 0 Å². The summed E-state index contributed by atoms with van der Waals surface area (Å²) < 4.78 is 1.90. The maximum absolute atomic E-state index is 10.6. The van der Waals surface area contributed by atoms with Crippen LogP contribution in [0.3, 0.4) is 0 Å². The molecule has 2 aromatic heterocycles. The van der Waals surface area contributed by atoms with E-state index in [1.54, 1.807) is 12.5 Å². The van der Waals surface area contributed by atoms with Crippen LogP contribution in [0.2, 0.25) is 0 Å². The van der Waals surface area contributed by atoms with Gasteiger partial charge in [-0.15, -0.1) is 11.3 Å². The van der Waals surface area contributed by atoms with Crippen molar-refractivity contribution in [1.82, 2.24) is 9.55 Å². The molecule has 2 heterocycles. The highest BCUT2D eigenvalue weighted by molar-refractivity contribution is 7.12. The van der Waals surface area contributed by atoms with E-state index >= 15 is 0 Å². The van der Waals surface area contributed by atoms with Crippen molar-refractivity contribution in [3.63, 3.8) is 0 Å². The Morgan fingerprint density at radius 3 is 3.00 bits per heavy atom. The first kappa shape index (κ1) is 8.19. The Hall–Kier alpha value is -1.42. The number of nitrogens with zero attached hydrogens (tertiary/aromatic N) is 2. The number of hydrogen-bond acceptors (Lipinski definition) is 3. The Labute approximate surface area is 79.7 Å². The predicted molar refractivity (Wildman–Crippen MR) is 51.6 cm³/mol. The minimum Gasteiger partial charge on any atom is -0.305 e. The van der Waals surface area contributed by atoms with Gasteiger partial charge in [0.25, 0.3) is 0 Å². The Morgan fingerprint density at radius 1 is 1.62 bits per heavy atom. The Balaban J connectivity index is 2.53. The zero-order valence-corrected chi connectivity index (χ0v) is 7.91. The average Bonchev–Trinajstić information content (AvgIpc) is 2.72. The quantitative estimate of drug-likeness (QED) is 0.682. The normalized spacial score (nSPS) is 10.2. The van der Waals surface area contributed by atoms with Gasteiger partial charge in [-0.2, -0.15) is 0 Å². The third-order valence-electron chi connectivity index (χ3n) is 1.94. The molecule has 0 fully saturated rings. The number of hydrogen-bond donors (Lipinski definition) is 0. The third kappa shape index (κ3) is 1.29. The highest BCUT2D eigenvalue weighted by atomic mass is 32.1. The minimum absolute atomic E-state index is 0.781. The van der Waals surface area contributed by atoms with Crippen LogP contribution in [0.1, 0.15) is 15.2 Å². The summed E-state index contributed by atoms with van der Waals surface area (Å²) in [7, 11) is 0. The van der Waals surface area contributed by atoms with Gasteiger partial charge >= 0.3 is 0 Å². The smallest absolute Gasteiger partial charge is 0.160 e. The second-order valence-electron chi connectivity index (χ2n) is 2.70. The number of aromatic nitrogens is 2. The molecule has 66 valence electrons. The van der Waals surface area contributed by atoms with Gasteiger partial charge in [-0.3, -0.25) is 4.79 Å². The summed E-state index contributed by atoms with van der Waals surface area (Å²) in [4.78, 5) is 15.3. The molecule has 0 saturated heterocycles. The molecule has 0 saturated carbocycles. The van der Waals surface area contributed by atoms with E-state index < -0.39 is 0 Å². The van der Waals surface area contributed by atoms with E-state index in [9.17, 15) is 4.79 Å². The molecule has 0 aliphatic heterocycles. The molecule has 0 aromatic carbocycles. The van der Waals surface area contributed by atoms with Gasteiger partial charge in [-0.25, -0.2) is 4.98 Å². The lowest BCUT2D eigenvalue weighted by Gasteiger charge is -1.98. The van der Waals surface area contributed by atoms with Crippen molar-refractivity contribution in [3.05, 3.63) is 34.5 Å². The van der Waals surface area contributed by atoms with Crippen LogP contribution in [0.4, 0.5) is 0 Å². The lowest BCUT2D eigenvalue weighted by molar-refractivity contribution is 0.112. The summed E-state index contributed by atoms with van der Waals surface area (Å²) in [5, 5.41) is 1.96. The van der Waals surface area contributed by atoms with Crippen molar-refractivity contribution in [3.8, 4) is 5.69 Å². The lowest BCUT2D eigenvalue weighted by Crippen LogP contribution is -1.90. The van der Waals surface area contributed by atoms with Gasteiger partial charge in [0.15, 0.2) is 6.29 Å². The second kappa shape index (κ2) is 3.14. The molecule has 2 aromatic rings. The maximum Gasteiger partial charge on any atom is 0.160 e. The third-order valence-corrected chi connectivity index (χ3v) is 2.94. The molecule has 13 heavy (non-hydrogen) atoms.